The number of hydrogen-bond donors (Lipinski definition) is 1. The topological polar surface area (TPSA) is 46.5 Å². The molecule has 1 atom stereocenters. The van der Waals surface area contributed by atoms with E-state index in [0.717, 1.165) is 6.08 Å². The van der Waals surface area contributed by atoms with E-state index in [1.807, 2.05) is 0 Å². The summed E-state index contributed by atoms with van der Waals surface area (Å²) in [6, 6.07) is 0. The van der Waals surface area contributed by atoms with Crippen LogP contribution < -0.4 is 29.6 Å². The minimum absolute atomic E-state index is 0. The van der Waals surface area contributed by atoms with Crippen molar-refractivity contribution in [3.05, 3.63) is 12.7 Å². The minimum atomic E-state index is -1.04. The predicted molar refractivity (Wildman–Crippen MR) is 29.1 cm³/mol. The first kappa shape index (κ1) is 11.9. The van der Waals surface area contributed by atoms with Crippen molar-refractivity contribution in [3.8, 4) is 0 Å². The molecule has 0 aromatic rings. The molecule has 0 radical (unpaired) electrons. The second-order valence-electron chi connectivity index (χ2n) is 1.24. The summed E-state index contributed by atoms with van der Waals surface area (Å²) in [7, 11) is 0. The summed E-state index contributed by atoms with van der Waals surface area (Å²) < 4.78 is 4.20. The Bertz CT molecular complexity index is 105. The molecule has 3 nitrogen and oxygen atoms in total. The maximum absolute atomic E-state index is 10.1. The second-order valence-corrected chi connectivity index (χ2v) is 1.24. The smallest absolute Gasteiger partial charge is 1.00 e. The van der Waals surface area contributed by atoms with Crippen molar-refractivity contribution < 1.29 is 45.6 Å². The average molecular weight is 140 g/mol. The van der Waals surface area contributed by atoms with Crippen molar-refractivity contribution >= 4 is 5.97 Å². The van der Waals surface area contributed by atoms with Gasteiger partial charge >= 0.3 is 35.5 Å². The van der Waals surface area contributed by atoms with Crippen LogP contribution in [-0.4, -0.2) is 17.4 Å². The van der Waals surface area contributed by atoms with Crippen molar-refractivity contribution in [3.63, 3.8) is 0 Å². The molecule has 0 saturated carbocycles. The maximum Gasteiger partial charge on any atom is 1.00 e. The van der Waals surface area contributed by atoms with Gasteiger partial charge in [-0.15, -0.1) is 0 Å². The Morgan fingerprint density at radius 2 is 2.44 bits per heavy atom. The third-order valence-corrected chi connectivity index (χ3v) is 0.453. The molecule has 0 aliphatic rings. The summed E-state index contributed by atoms with van der Waals surface area (Å²) in [5.74, 6) is -0.611. The van der Waals surface area contributed by atoms with Crippen LogP contribution in [0.25, 0.3) is 0 Å². The number of esters is 1. The Kier molecular flexibility index (Phi) is 8.32. The standard InChI is InChI=1S/C5H8O3.Na.H/c1-3-5(7)8-4(2)6;;/h3-4,6H,1H2,2H3;;/q;+1;-1. The van der Waals surface area contributed by atoms with Crippen LogP contribution in [0, 0.1) is 0 Å². The molecule has 0 aromatic carbocycles. The normalized spacial score (nSPS) is 10.9. The van der Waals surface area contributed by atoms with Gasteiger partial charge in [0.1, 0.15) is 0 Å². The molecule has 9 heavy (non-hydrogen) atoms. The summed E-state index contributed by atoms with van der Waals surface area (Å²) in [5.41, 5.74) is 0. The largest absolute Gasteiger partial charge is 1.00 e. The number of carbonyl (C=O) groups excluding carboxylic acids is 1. The van der Waals surface area contributed by atoms with E-state index in [0.29, 0.717) is 0 Å². The summed E-state index contributed by atoms with van der Waals surface area (Å²) in [5, 5.41) is 8.36. The molecule has 48 valence electrons. The summed E-state index contributed by atoms with van der Waals surface area (Å²) in [6.45, 7) is 4.48. The van der Waals surface area contributed by atoms with Crippen molar-refractivity contribution in [2.24, 2.45) is 0 Å². The van der Waals surface area contributed by atoms with Crippen molar-refractivity contribution in [2.45, 2.75) is 13.2 Å². The van der Waals surface area contributed by atoms with Crippen LogP contribution in [0.4, 0.5) is 0 Å². The zero-order valence-electron chi connectivity index (χ0n) is 6.63. The fraction of sp³-hybridized carbons (Fsp3) is 0.400. The van der Waals surface area contributed by atoms with E-state index in [1.165, 1.54) is 6.92 Å². The fourth-order valence-corrected chi connectivity index (χ4v) is 0.216. The molecule has 0 aliphatic heterocycles. The molecule has 0 spiro atoms. The van der Waals surface area contributed by atoms with Gasteiger partial charge in [0.2, 0.25) is 0 Å². The van der Waals surface area contributed by atoms with E-state index in [9.17, 15) is 4.79 Å². The van der Waals surface area contributed by atoms with E-state index in [-0.39, 0.29) is 31.0 Å². The molecule has 0 aromatic heterocycles. The van der Waals surface area contributed by atoms with Crippen LogP contribution in [0.5, 0.6) is 0 Å². The number of rotatable bonds is 2. The molecule has 1 unspecified atom stereocenters. The molecule has 0 saturated heterocycles. The fourth-order valence-electron chi connectivity index (χ4n) is 0.216. The van der Waals surface area contributed by atoms with Gasteiger partial charge in [-0.2, -0.15) is 0 Å². The van der Waals surface area contributed by atoms with E-state index in [2.05, 4.69) is 11.3 Å². The number of ether oxygens (including phenoxy) is 1. The van der Waals surface area contributed by atoms with Crippen LogP contribution >= 0.6 is 0 Å². The van der Waals surface area contributed by atoms with Gasteiger partial charge in [-0.1, -0.05) is 6.58 Å². The Labute approximate surface area is 77.5 Å². The second kappa shape index (κ2) is 6.29. The third-order valence-electron chi connectivity index (χ3n) is 0.453. The third kappa shape index (κ3) is 8.17. The predicted octanol–water partition coefficient (Wildman–Crippen LogP) is -2.83. The molecule has 0 heterocycles. The molecule has 0 bridgehead atoms. The van der Waals surface area contributed by atoms with Gasteiger partial charge in [-0.3, -0.25) is 0 Å². The number of hydrogen-bond acceptors (Lipinski definition) is 3. The van der Waals surface area contributed by atoms with E-state index in [1.54, 1.807) is 0 Å². The zero-order chi connectivity index (χ0) is 6.57. The quantitative estimate of drug-likeness (QED) is 0.195. The molecular formula is C5H9NaO3. The molecule has 0 fully saturated rings. The van der Waals surface area contributed by atoms with Gasteiger partial charge in [0.05, 0.1) is 0 Å². The summed E-state index contributed by atoms with van der Waals surface area (Å²) in [6.07, 6.45) is -0.0484. The Hall–Kier alpha value is 0.170. The van der Waals surface area contributed by atoms with Crippen LogP contribution in [-0.2, 0) is 9.53 Å². The zero-order valence-corrected chi connectivity index (χ0v) is 7.63. The maximum atomic E-state index is 10.1. The summed E-state index contributed by atoms with van der Waals surface area (Å²) in [4.78, 5) is 10.1. The van der Waals surface area contributed by atoms with Gasteiger partial charge in [-0.25, -0.2) is 4.79 Å². The first-order valence-corrected chi connectivity index (χ1v) is 2.18. The van der Waals surface area contributed by atoms with Crippen LogP contribution in [0.3, 0.4) is 0 Å². The molecular weight excluding hydrogens is 131 g/mol. The van der Waals surface area contributed by atoms with Gasteiger partial charge in [0, 0.05) is 6.08 Å². The number of carbonyl (C=O) groups is 1. The molecule has 4 heteroatoms. The molecule has 1 N–H and O–H groups in total. The van der Waals surface area contributed by atoms with Gasteiger partial charge in [0.15, 0.2) is 6.29 Å². The molecule has 0 amide bonds. The van der Waals surface area contributed by atoms with Gasteiger partial charge in [-0.05, 0) is 6.92 Å². The summed E-state index contributed by atoms with van der Waals surface area (Å²) >= 11 is 0. The van der Waals surface area contributed by atoms with Crippen molar-refractivity contribution in [2.75, 3.05) is 0 Å². The first-order chi connectivity index (χ1) is 3.66. The van der Waals surface area contributed by atoms with Crippen molar-refractivity contribution in [1.82, 2.24) is 0 Å². The Balaban J connectivity index is -0.000000245. The SMILES string of the molecule is C=CC(=O)OC(C)O.[H-].[Na+]. The van der Waals surface area contributed by atoms with Crippen LogP contribution in [0.1, 0.15) is 8.35 Å². The number of aliphatic hydroxyl groups is 1. The van der Waals surface area contributed by atoms with Crippen LogP contribution in [0.2, 0.25) is 0 Å². The van der Waals surface area contributed by atoms with Crippen molar-refractivity contribution in [1.29, 1.82) is 0 Å². The van der Waals surface area contributed by atoms with E-state index in [4.69, 9.17) is 5.11 Å². The Morgan fingerprint density at radius 1 is 2.00 bits per heavy atom. The van der Waals surface area contributed by atoms with E-state index >= 15 is 0 Å². The molecule has 0 rings (SSSR count). The number of aliphatic hydroxyl groups excluding tert-OH is 1. The molecule has 0 aliphatic carbocycles. The first-order valence-electron chi connectivity index (χ1n) is 2.18. The minimum Gasteiger partial charge on any atom is -1.00 e. The Morgan fingerprint density at radius 3 is 2.56 bits per heavy atom. The van der Waals surface area contributed by atoms with Crippen LogP contribution in [0.15, 0.2) is 12.7 Å². The van der Waals surface area contributed by atoms with E-state index < -0.39 is 12.3 Å². The average Bonchev–Trinajstić information content (AvgIpc) is 1.65. The monoisotopic (exact) mass is 140 g/mol. The van der Waals surface area contributed by atoms with Gasteiger partial charge < -0.3 is 11.3 Å². The van der Waals surface area contributed by atoms with Gasteiger partial charge in [0.25, 0.3) is 0 Å².